The number of carbonyl (C=O) groups is 1. The summed E-state index contributed by atoms with van der Waals surface area (Å²) in [5.74, 6) is -0.820. The minimum atomic E-state index is -0.838. The summed E-state index contributed by atoms with van der Waals surface area (Å²) in [4.78, 5) is 11.8. The van der Waals surface area contributed by atoms with E-state index in [9.17, 15) is 4.79 Å². The van der Waals surface area contributed by atoms with E-state index >= 15 is 0 Å². The zero-order valence-electron chi connectivity index (χ0n) is 10.1. The molecule has 1 unspecified atom stereocenters. The van der Waals surface area contributed by atoms with E-state index in [1.807, 2.05) is 32.9 Å². The third-order valence-electron chi connectivity index (χ3n) is 2.36. The van der Waals surface area contributed by atoms with E-state index in [0.717, 1.165) is 10.5 Å². The average molecular weight is 249 g/mol. The van der Waals surface area contributed by atoms with Crippen molar-refractivity contribution in [1.82, 2.24) is 0 Å². The molecule has 0 saturated carbocycles. The van der Waals surface area contributed by atoms with Gasteiger partial charge in [0.25, 0.3) is 0 Å². The quantitative estimate of drug-likeness (QED) is 0.833. The van der Waals surface area contributed by atoms with Gasteiger partial charge >= 0.3 is 5.97 Å². The zero-order valence-corrected chi connectivity index (χ0v) is 10.9. The van der Waals surface area contributed by atoms with Crippen LogP contribution in [0.5, 0.6) is 0 Å². The molecule has 4 heteroatoms. The highest BCUT2D eigenvalue weighted by Crippen LogP contribution is 2.31. The van der Waals surface area contributed by atoms with Crippen LogP contribution in [0.4, 0.5) is 0 Å². The van der Waals surface area contributed by atoms with Crippen LogP contribution in [0.15, 0.2) is 23.1 Å². The first-order valence-electron chi connectivity index (χ1n) is 5.36. The third-order valence-corrected chi connectivity index (χ3v) is 3.97. The van der Waals surface area contributed by atoms with Crippen LogP contribution in [-0.4, -0.2) is 16.3 Å². The molecule has 0 aliphatic rings. The Bertz CT molecular complexity index is 463. The lowest BCUT2D eigenvalue weighted by atomic mass is 10.1. The maximum Gasteiger partial charge on any atom is 0.317 e. The summed E-state index contributed by atoms with van der Waals surface area (Å²) in [5, 5.41) is 17.6. The highest BCUT2D eigenvalue weighted by molar-refractivity contribution is 8.00. The summed E-state index contributed by atoms with van der Waals surface area (Å²) >= 11 is 1.24. The largest absolute Gasteiger partial charge is 0.480 e. The summed E-state index contributed by atoms with van der Waals surface area (Å²) < 4.78 is 0. The molecule has 0 spiro atoms. The number of carboxylic acid groups (broad SMARTS) is 1. The van der Waals surface area contributed by atoms with Crippen LogP contribution in [-0.2, 0) is 4.79 Å². The molecule has 0 fully saturated rings. The second kappa shape index (κ2) is 5.74. The van der Waals surface area contributed by atoms with E-state index in [0.29, 0.717) is 5.56 Å². The lowest BCUT2D eigenvalue weighted by molar-refractivity contribution is -0.137. The molecule has 0 saturated heterocycles. The summed E-state index contributed by atoms with van der Waals surface area (Å²) in [6.07, 6.45) is 0. The molecule has 1 aromatic carbocycles. The fraction of sp³-hybridized carbons (Fsp3) is 0.385. The standard InChI is InChI=1S/C13H15NO2S/c1-8(2)12(13(15)16)17-11-5-4-9(3)6-10(11)7-14/h4-6,8,12H,1-3H3,(H,15,16). The second-order valence-electron chi connectivity index (χ2n) is 4.23. The number of hydrogen-bond acceptors (Lipinski definition) is 3. The maximum absolute atomic E-state index is 11.1. The van der Waals surface area contributed by atoms with Crippen LogP contribution in [0.2, 0.25) is 0 Å². The summed E-state index contributed by atoms with van der Waals surface area (Å²) in [6.45, 7) is 5.64. The summed E-state index contributed by atoms with van der Waals surface area (Å²) in [5.41, 5.74) is 1.55. The summed E-state index contributed by atoms with van der Waals surface area (Å²) in [7, 11) is 0. The van der Waals surface area contributed by atoms with Crippen LogP contribution in [0.25, 0.3) is 0 Å². The first-order chi connectivity index (χ1) is 7.95. The second-order valence-corrected chi connectivity index (χ2v) is 5.42. The fourth-order valence-corrected chi connectivity index (χ4v) is 2.47. The Balaban J connectivity index is 3.02. The highest BCUT2D eigenvalue weighted by atomic mass is 32.2. The predicted octanol–water partition coefficient (Wildman–Crippen LogP) is 3.07. The number of aryl methyl sites for hydroxylation is 1. The Hall–Kier alpha value is -1.47. The Morgan fingerprint density at radius 3 is 2.59 bits per heavy atom. The Morgan fingerprint density at radius 2 is 2.12 bits per heavy atom. The third kappa shape index (κ3) is 3.50. The average Bonchev–Trinajstić information content (AvgIpc) is 2.26. The van der Waals surface area contributed by atoms with Gasteiger partial charge in [0.2, 0.25) is 0 Å². The van der Waals surface area contributed by atoms with Gasteiger partial charge in [-0.2, -0.15) is 5.26 Å². The van der Waals surface area contributed by atoms with E-state index in [1.165, 1.54) is 11.8 Å². The molecular formula is C13H15NO2S. The lowest BCUT2D eigenvalue weighted by Crippen LogP contribution is -2.22. The maximum atomic E-state index is 11.1. The van der Waals surface area contributed by atoms with Crippen molar-refractivity contribution in [1.29, 1.82) is 5.26 Å². The number of aliphatic carboxylic acids is 1. The molecule has 0 radical (unpaired) electrons. The van der Waals surface area contributed by atoms with Crippen molar-refractivity contribution in [2.24, 2.45) is 5.92 Å². The van der Waals surface area contributed by atoms with Gasteiger partial charge in [0.1, 0.15) is 11.3 Å². The molecule has 1 N–H and O–H groups in total. The van der Waals surface area contributed by atoms with E-state index in [4.69, 9.17) is 10.4 Å². The molecule has 0 aromatic heterocycles. The molecule has 0 aliphatic carbocycles. The van der Waals surface area contributed by atoms with Crippen LogP contribution in [0.1, 0.15) is 25.0 Å². The lowest BCUT2D eigenvalue weighted by Gasteiger charge is -2.16. The van der Waals surface area contributed by atoms with Crippen molar-refractivity contribution < 1.29 is 9.90 Å². The Labute approximate surface area is 105 Å². The minimum absolute atomic E-state index is 0.0188. The number of carboxylic acids is 1. The monoisotopic (exact) mass is 249 g/mol. The van der Waals surface area contributed by atoms with Crippen LogP contribution >= 0.6 is 11.8 Å². The van der Waals surface area contributed by atoms with Crippen LogP contribution in [0, 0.1) is 24.2 Å². The molecule has 90 valence electrons. The van der Waals surface area contributed by atoms with Crippen molar-refractivity contribution in [2.75, 3.05) is 0 Å². The topological polar surface area (TPSA) is 61.1 Å². The van der Waals surface area contributed by atoms with Gasteiger partial charge in [-0.25, -0.2) is 0 Å². The van der Waals surface area contributed by atoms with Gasteiger partial charge in [0.05, 0.1) is 5.56 Å². The van der Waals surface area contributed by atoms with Gasteiger partial charge in [0.15, 0.2) is 0 Å². The smallest absolute Gasteiger partial charge is 0.317 e. The van der Waals surface area contributed by atoms with Gasteiger partial charge in [-0.05, 0) is 30.5 Å². The molecule has 0 amide bonds. The predicted molar refractivity (Wildman–Crippen MR) is 68.0 cm³/mol. The van der Waals surface area contributed by atoms with Crippen molar-refractivity contribution in [3.63, 3.8) is 0 Å². The van der Waals surface area contributed by atoms with Crippen molar-refractivity contribution in [3.8, 4) is 6.07 Å². The van der Waals surface area contributed by atoms with Gasteiger partial charge in [0, 0.05) is 4.90 Å². The molecule has 0 heterocycles. The zero-order chi connectivity index (χ0) is 13.0. The molecule has 1 aromatic rings. The van der Waals surface area contributed by atoms with E-state index < -0.39 is 11.2 Å². The number of thioether (sulfide) groups is 1. The SMILES string of the molecule is Cc1ccc(SC(C(=O)O)C(C)C)c(C#N)c1. The molecule has 1 rings (SSSR count). The van der Waals surface area contributed by atoms with Crippen molar-refractivity contribution in [2.45, 2.75) is 30.9 Å². The number of nitriles is 1. The normalized spacial score (nSPS) is 12.2. The van der Waals surface area contributed by atoms with Crippen molar-refractivity contribution >= 4 is 17.7 Å². The first kappa shape index (κ1) is 13.6. The molecule has 17 heavy (non-hydrogen) atoms. The molecule has 1 atom stereocenters. The molecular weight excluding hydrogens is 234 g/mol. The molecule has 3 nitrogen and oxygen atoms in total. The number of nitrogens with zero attached hydrogens (tertiary/aromatic N) is 1. The van der Waals surface area contributed by atoms with Crippen molar-refractivity contribution in [3.05, 3.63) is 29.3 Å². The number of benzene rings is 1. The van der Waals surface area contributed by atoms with E-state index in [-0.39, 0.29) is 5.92 Å². The van der Waals surface area contributed by atoms with Gasteiger partial charge in [-0.3, -0.25) is 4.79 Å². The molecule has 0 aliphatic heterocycles. The fourth-order valence-electron chi connectivity index (χ4n) is 1.44. The number of hydrogen-bond donors (Lipinski definition) is 1. The van der Waals surface area contributed by atoms with E-state index in [1.54, 1.807) is 6.07 Å². The van der Waals surface area contributed by atoms with Crippen LogP contribution < -0.4 is 0 Å². The van der Waals surface area contributed by atoms with E-state index in [2.05, 4.69) is 6.07 Å². The minimum Gasteiger partial charge on any atom is -0.480 e. The van der Waals surface area contributed by atoms with Gasteiger partial charge in [-0.1, -0.05) is 19.9 Å². The first-order valence-corrected chi connectivity index (χ1v) is 6.24. The van der Waals surface area contributed by atoms with Crippen LogP contribution in [0.3, 0.4) is 0 Å². The Morgan fingerprint density at radius 1 is 1.47 bits per heavy atom. The molecule has 0 bridgehead atoms. The number of rotatable bonds is 4. The highest BCUT2D eigenvalue weighted by Gasteiger charge is 2.23. The summed E-state index contributed by atoms with van der Waals surface area (Å²) in [6, 6.07) is 7.59. The van der Waals surface area contributed by atoms with Gasteiger partial charge < -0.3 is 5.11 Å². The van der Waals surface area contributed by atoms with Gasteiger partial charge in [-0.15, -0.1) is 11.8 Å². The Kier molecular flexibility index (Phi) is 4.59.